The number of rotatable bonds is 1. The van der Waals surface area contributed by atoms with Crippen LogP contribution in [0.15, 0.2) is 5.38 Å². The number of aryl methyl sites for hydroxylation is 1. The van der Waals surface area contributed by atoms with Crippen LogP contribution in [0.2, 0.25) is 5.02 Å². The summed E-state index contributed by atoms with van der Waals surface area (Å²) in [6.07, 6.45) is 0. The highest BCUT2D eigenvalue weighted by Crippen LogP contribution is 2.28. The van der Waals surface area contributed by atoms with Crippen molar-refractivity contribution in [2.75, 3.05) is 19.6 Å². The number of piperazine rings is 1. The highest BCUT2D eigenvalue weighted by Gasteiger charge is 2.26. The number of hydrogen-bond donors (Lipinski definition) is 1. The van der Waals surface area contributed by atoms with Crippen LogP contribution in [-0.4, -0.2) is 36.5 Å². The molecule has 6 heteroatoms. The second-order valence-electron chi connectivity index (χ2n) is 4.11. The highest BCUT2D eigenvalue weighted by molar-refractivity contribution is 7.13. The summed E-state index contributed by atoms with van der Waals surface area (Å²) in [5.41, 5.74) is 0.984. The minimum Gasteiger partial charge on any atom is -0.333 e. The van der Waals surface area contributed by atoms with Crippen molar-refractivity contribution < 1.29 is 4.79 Å². The van der Waals surface area contributed by atoms with E-state index in [1.165, 1.54) is 11.3 Å². The number of thiophene rings is 1. The molecule has 1 aromatic rings. The first-order valence-corrected chi connectivity index (χ1v) is 6.62. The SMILES string of the molecule is Cc1csc(C(=O)N2CCNCC2C)c1Cl.Cl. The summed E-state index contributed by atoms with van der Waals surface area (Å²) in [4.78, 5) is 14.8. The minimum atomic E-state index is 0. The Morgan fingerprint density at radius 2 is 2.35 bits per heavy atom. The summed E-state index contributed by atoms with van der Waals surface area (Å²) in [6.45, 7) is 6.45. The standard InChI is InChI=1S/C11H15ClN2OS.ClH/c1-7-6-16-10(9(7)12)11(15)14-4-3-13-5-8(14)2;/h6,8,13H,3-5H2,1-2H3;1H. The van der Waals surface area contributed by atoms with E-state index in [1.54, 1.807) is 0 Å². The molecular weight excluding hydrogens is 279 g/mol. The molecule has 1 amide bonds. The molecule has 1 aromatic heterocycles. The molecule has 1 unspecified atom stereocenters. The lowest BCUT2D eigenvalue weighted by Crippen LogP contribution is -2.52. The summed E-state index contributed by atoms with van der Waals surface area (Å²) in [5.74, 6) is 0.0668. The summed E-state index contributed by atoms with van der Waals surface area (Å²) >= 11 is 7.55. The third-order valence-electron chi connectivity index (χ3n) is 2.86. The van der Waals surface area contributed by atoms with Crippen molar-refractivity contribution in [1.82, 2.24) is 10.2 Å². The van der Waals surface area contributed by atoms with E-state index in [-0.39, 0.29) is 24.4 Å². The largest absolute Gasteiger partial charge is 0.333 e. The van der Waals surface area contributed by atoms with Gasteiger partial charge in [-0.25, -0.2) is 0 Å². The molecule has 0 spiro atoms. The average Bonchev–Trinajstić information content (AvgIpc) is 2.60. The number of carbonyl (C=O) groups is 1. The van der Waals surface area contributed by atoms with Crippen molar-refractivity contribution >= 4 is 41.3 Å². The molecule has 1 N–H and O–H groups in total. The summed E-state index contributed by atoms with van der Waals surface area (Å²) in [5, 5.41) is 5.81. The van der Waals surface area contributed by atoms with Crippen LogP contribution >= 0.6 is 35.3 Å². The van der Waals surface area contributed by atoms with Gasteiger partial charge in [-0.05, 0) is 24.8 Å². The molecule has 0 bridgehead atoms. The molecule has 96 valence electrons. The number of nitrogens with one attached hydrogen (secondary N) is 1. The quantitative estimate of drug-likeness (QED) is 0.863. The molecule has 0 aromatic carbocycles. The Kier molecular flexibility index (Phi) is 5.25. The van der Waals surface area contributed by atoms with E-state index in [0.717, 1.165) is 25.2 Å². The Bertz CT molecular complexity index is 408. The van der Waals surface area contributed by atoms with Crippen molar-refractivity contribution in [3.05, 3.63) is 20.8 Å². The van der Waals surface area contributed by atoms with Crippen molar-refractivity contribution in [2.45, 2.75) is 19.9 Å². The zero-order chi connectivity index (χ0) is 11.7. The summed E-state index contributed by atoms with van der Waals surface area (Å²) in [7, 11) is 0. The maximum absolute atomic E-state index is 12.3. The molecule has 0 saturated carbocycles. The third-order valence-corrected chi connectivity index (χ3v) is 4.54. The number of carbonyl (C=O) groups excluding carboxylic acids is 1. The Balaban J connectivity index is 0.00000144. The number of halogens is 2. The van der Waals surface area contributed by atoms with Crippen molar-refractivity contribution in [1.29, 1.82) is 0 Å². The minimum absolute atomic E-state index is 0. The molecule has 3 nitrogen and oxygen atoms in total. The summed E-state index contributed by atoms with van der Waals surface area (Å²) in [6, 6.07) is 0.236. The van der Waals surface area contributed by atoms with E-state index < -0.39 is 0 Å². The van der Waals surface area contributed by atoms with Gasteiger partial charge in [-0.15, -0.1) is 23.7 Å². The second kappa shape index (κ2) is 6.05. The van der Waals surface area contributed by atoms with Gasteiger partial charge in [-0.3, -0.25) is 4.79 Å². The number of hydrogen-bond acceptors (Lipinski definition) is 3. The van der Waals surface area contributed by atoms with Gasteiger partial charge in [0.2, 0.25) is 0 Å². The van der Waals surface area contributed by atoms with Gasteiger partial charge in [0, 0.05) is 25.7 Å². The first-order valence-electron chi connectivity index (χ1n) is 5.36. The maximum atomic E-state index is 12.3. The molecule has 0 aliphatic carbocycles. The number of nitrogens with zero attached hydrogens (tertiary/aromatic N) is 1. The zero-order valence-corrected chi connectivity index (χ0v) is 12.2. The number of amides is 1. The van der Waals surface area contributed by atoms with E-state index in [2.05, 4.69) is 12.2 Å². The van der Waals surface area contributed by atoms with E-state index in [0.29, 0.717) is 9.90 Å². The molecule has 0 radical (unpaired) electrons. The van der Waals surface area contributed by atoms with Crippen LogP contribution < -0.4 is 5.32 Å². The normalized spacial score (nSPS) is 19.9. The smallest absolute Gasteiger partial charge is 0.265 e. The van der Waals surface area contributed by atoms with E-state index in [1.807, 2.05) is 17.2 Å². The van der Waals surface area contributed by atoms with Gasteiger partial charge >= 0.3 is 0 Å². The Morgan fingerprint density at radius 1 is 1.65 bits per heavy atom. The van der Waals surface area contributed by atoms with Gasteiger partial charge < -0.3 is 10.2 Å². The van der Waals surface area contributed by atoms with Gasteiger partial charge in [0.1, 0.15) is 4.88 Å². The van der Waals surface area contributed by atoms with Gasteiger partial charge in [0.25, 0.3) is 5.91 Å². The molecule has 2 heterocycles. The van der Waals surface area contributed by atoms with Crippen LogP contribution in [0.5, 0.6) is 0 Å². The van der Waals surface area contributed by atoms with E-state index >= 15 is 0 Å². The average molecular weight is 295 g/mol. The first-order chi connectivity index (χ1) is 7.61. The highest BCUT2D eigenvalue weighted by atomic mass is 35.5. The van der Waals surface area contributed by atoms with E-state index in [9.17, 15) is 4.79 Å². The van der Waals surface area contributed by atoms with Crippen LogP contribution in [0.1, 0.15) is 22.2 Å². The first kappa shape index (κ1) is 14.8. The topological polar surface area (TPSA) is 32.3 Å². The lowest BCUT2D eigenvalue weighted by molar-refractivity contribution is 0.0661. The van der Waals surface area contributed by atoms with Crippen LogP contribution in [0.3, 0.4) is 0 Å². The van der Waals surface area contributed by atoms with Crippen LogP contribution in [0.4, 0.5) is 0 Å². The zero-order valence-electron chi connectivity index (χ0n) is 9.83. The van der Waals surface area contributed by atoms with E-state index in [4.69, 9.17) is 11.6 Å². The van der Waals surface area contributed by atoms with Gasteiger partial charge in [-0.1, -0.05) is 11.6 Å². The Morgan fingerprint density at radius 3 is 2.88 bits per heavy atom. The van der Waals surface area contributed by atoms with Gasteiger partial charge in [0.05, 0.1) is 5.02 Å². The molecule has 2 rings (SSSR count). The predicted molar refractivity (Wildman–Crippen MR) is 74.7 cm³/mol. The van der Waals surface area contributed by atoms with Crippen molar-refractivity contribution in [3.8, 4) is 0 Å². The fourth-order valence-electron chi connectivity index (χ4n) is 1.85. The fourth-order valence-corrected chi connectivity index (χ4v) is 3.08. The Hall–Kier alpha value is -0.290. The predicted octanol–water partition coefficient (Wildman–Crippen LogP) is 2.57. The lowest BCUT2D eigenvalue weighted by Gasteiger charge is -2.33. The molecule has 17 heavy (non-hydrogen) atoms. The van der Waals surface area contributed by atoms with Crippen LogP contribution in [0, 0.1) is 6.92 Å². The third kappa shape index (κ3) is 2.94. The van der Waals surface area contributed by atoms with Crippen LogP contribution in [-0.2, 0) is 0 Å². The Labute approximate surface area is 117 Å². The summed E-state index contributed by atoms with van der Waals surface area (Å²) < 4.78 is 0. The molecule has 1 fully saturated rings. The molecule has 1 aliphatic heterocycles. The monoisotopic (exact) mass is 294 g/mol. The fraction of sp³-hybridized carbons (Fsp3) is 0.545. The van der Waals surface area contributed by atoms with Crippen molar-refractivity contribution in [3.63, 3.8) is 0 Å². The molecule has 1 aliphatic rings. The van der Waals surface area contributed by atoms with Gasteiger partial charge in [-0.2, -0.15) is 0 Å². The van der Waals surface area contributed by atoms with Crippen molar-refractivity contribution in [2.24, 2.45) is 0 Å². The van der Waals surface area contributed by atoms with Gasteiger partial charge in [0.15, 0.2) is 0 Å². The second-order valence-corrected chi connectivity index (χ2v) is 5.37. The maximum Gasteiger partial charge on any atom is 0.265 e. The van der Waals surface area contributed by atoms with Crippen LogP contribution in [0.25, 0.3) is 0 Å². The molecule has 1 atom stereocenters. The lowest BCUT2D eigenvalue weighted by atomic mass is 10.2. The molecule has 1 saturated heterocycles. The molecular formula is C11H16Cl2N2OS.